The molecule has 0 amide bonds. The first-order valence-corrected chi connectivity index (χ1v) is 14.0. The average molecular weight is 538 g/mol. The molecule has 0 fully saturated rings. The van der Waals surface area contributed by atoms with Gasteiger partial charge in [0.2, 0.25) is 5.82 Å². The van der Waals surface area contributed by atoms with Gasteiger partial charge in [0.1, 0.15) is 16.9 Å². The van der Waals surface area contributed by atoms with Crippen molar-refractivity contribution >= 4 is 88.3 Å². The second-order valence-corrected chi connectivity index (χ2v) is 11.5. The minimum atomic E-state index is -0.0510. The molecule has 3 aliphatic heterocycles. The standard InChI is InChI=1S/C36H16N4O2/c41-28-13-21-19-11-12-20-33-32(19)22(18-10-9-17-15-37-16-23(28)30(17)31(18)21)14-29(42)34(33)36-39-25-6-2-4-8-27(25)40(36)26-7-3-1-5-24(26)38-35(20)40/h1-16H/p+1. The summed E-state index contributed by atoms with van der Waals surface area (Å²) in [7, 11) is 0. The highest BCUT2D eigenvalue weighted by Gasteiger charge is 2.58. The zero-order chi connectivity index (χ0) is 27.5. The topological polar surface area (TPSA) is 71.4 Å². The van der Waals surface area contributed by atoms with E-state index in [9.17, 15) is 9.59 Å². The highest BCUT2D eigenvalue weighted by molar-refractivity contribution is 6.40. The lowest BCUT2D eigenvalue weighted by Gasteiger charge is -2.33. The van der Waals surface area contributed by atoms with Gasteiger partial charge in [0.15, 0.2) is 22.2 Å². The summed E-state index contributed by atoms with van der Waals surface area (Å²) in [4.78, 5) is 37.4. The zero-order valence-corrected chi connectivity index (χ0v) is 21.9. The first kappa shape index (κ1) is 21.1. The summed E-state index contributed by atoms with van der Waals surface area (Å²) in [5.74, 6) is 1.69. The van der Waals surface area contributed by atoms with E-state index in [1.54, 1.807) is 24.5 Å². The number of pyridine rings is 1. The maximum absolute atomic E-state index is 14.4. The van der Waals surface area contributed by atoms with E-state index in [1.165, 1.54) is 0 Å². The van der Waals surface area contributed by atoms with Crippen molar-refractivity contribution in [2.75, 3.05) is 5.32 Å². The second kappa shape index (κ2) is 6.60. The van der Waals surface area contributed by atoms with E-state index in [4.69, 9.17) is 4.99 Å². The number of aromatic nitrogens is 1. The summed E-state index contributed by atoms with van der Waals surface area (Å²) in [6.07, 6.45) is 3.46. The molecule has 192 valence electrons. The van der Waals surface area contributed by atoms with Crippen LogP contribution in [0.2, 0.25) is 0 Å². The number of para-hydroxylation sites is 4. The van der Waals surface area contributed by atoms with E-state index in [-0.39, 0.29) is 15.3 Å². The van der Waals surface area contributed by atoms with Crippen LogP contribution in [0.25, 0.3) is 59.7 Å². The van der Waals surface area contributed by atoms with Gasteiger partial charge in [-0.25, -0.2) is 0 Å². The monoisotopic (exact) mass is 537 g/mol. The van der Waals surface area contributed by atoms with Gasteiger partial charge in [-0.15, -0.1) is 0 Å². The zero-order valence-electron chi connectivity index (χ0n) is 21.9. The number of aliphatic imine (C=N–C) groups is 1. The van der Waals surface area contributed by atoms with Crippen LogP contribution >= 0.6 is 0 Å². The Kier molecular flexibility index (Phi) is 3.31. The SMILES string of the molecule is O=c1cc2c3ccc4cncc5c(=O)cc(c6ccc7c(c1C1=Nc8ccccc8[N+]18C=7Nc1ccccc18)c26)c3c45. The van der Waals surface area contributed by atoms with Gasteiger partial charge in [-0.3, -0.25) is 14.6 Å². The highest BCUT2D eigenvalue weighted by atomic mass is 16.1. The summed E-state index contributed by atoms with van der Waals surface area (Å²) in [5.41, 5.74) is 4.46. The number of fused-ring (bicyclic) bond motifs is 5. The molecule has 0 aliphatic carbocycles. The van der Waals surface area contributed by atoms with Gasteiger partial charge in [-0.2, -0.15) is 9.48 Å². The molecule has 42 heavy (non-hydrogen) atoms. The van der Waals surface area contributed by atoms with E-state index in [0.29, 0.717) is 10.9 Å². The molecule has 6 nitrogen and oxygen atoms in total. The van der Waals surface area contributed by atoms with Crippen molar-refractivity contribution in [3.05, 3.63) is 129 Å². The molecule has 4 heterocycles. The first-order valence-electron chi connectivity index (χ1n) is 14.0. The van der Waals surface area contributed by atoms with Crippen LogP contribution in [0.5, 0.6) is 0 Å². The Bertz CT molecular complexity index is 2820. The van der Waals surface area contributed by atoms with Crippen molar-refractivity contribution in [1.29, 1.82) is 0 Å². The van der Waals surface area contributed by atoms with Gasteiger partial charge in [0.05, 0.1) is 5.22 Å². The molecule has 0 saturated heterocycles. The smallest absolute Gasteiger partial charge is 0.257 e. The Labute approximate surface area is 236 Å². The Morgan fingerprint density at radius 3 is 2.24 bits per heavy atom. The summed E-state index contributed by atoms with van der Waals surface area (Å²) in [6.45, 7) is 0. The van der Waals surface area contributed by atoms with Crippen LogP contribution in [0.3, 0.4) is 0 Å². The number of hydrogen-bond donors (Lipinski definition) is 1. The predicted molar refractivity (Wildman–Crippen MR) is 169 cm³/mol. The highest BCUT2D eigenvalue weighted by Crippen LogP contribution is 2.58. The maximum Gasteiger partial charge on any atom is 0.257 e. The maximum atomic E-state index is 14.4. The summed E-state index contributed by atoms with van der Waals surface area (Å²) < 4.78 is 0.265. The minimum Gasteiger partial charge on any atom is -0.304 e. The predicted octanol–water partition coefficient (Wildman–Crippen LogP) is 6.40. The Morgan fingerprint density at radius 2 is 1.36 bits per heavy atom. The molecule has 0 saturated carbocycles. The molecule has 1 N–H and O–H groups in total. The molecule has 1 spiro atoms. The fourth-order valence-electron chi connectivity index (χ4n) is 8.15. The van der Waals surface area contributed by atoms with E-state index >= 15 is 0 Å². The summed E-state index contributed by atoms with van der Waals surface area (Å²) in [5, 5.41) is 13.8. The number of nitrogens with zero attached hydrogens (tertiary/aromatic N) is 3. The normalized spacial score (nSPS) is 18.1. The number of benzene rings is 7. The van der Waals surface area contributed by atoms with E-state index < -0.39 is 0 Å². The van der Waals surface area contributed by atoms with Crippen molar-refractivity contribution in [2.45, 2.75) is 0 Å². The Morgan fingerprint density at radius 1 is 0.619 bits per heavy atom. The fourth-order valence-corrected chi connectivity index (χ4v) is 8.15. The molecule has 3 aliphatic rings. The van der Waals surface area contributed by atoms with Gasteiger partial charge < -0.3 is 5.32 Å². The third-order valence-electron chi connectivity index (χ3n) is 9.68. The quantitative estimate of drug-likeness (QED) is 0.138. The number of anilines is 1. The van der Waals surface area contributed by atoms with Crippen LogP contribution in [-0.4, -0.2) is 10.8 Å². The van der Waals surface area contributed by atoms with Crippen molar-refractivity contribution in [3.63, 3.8) is 0 Å². The van der Waals surface area contributed by atoms with Crippen LogP contribution < -0.4 is 25.9 Å². The molecule has 0 bridgehead atoms. The number of hydrogen-bond acceptors (Lipinski definition) is 5. The fraction of sp³-hybridized carbons (Fsp3) is 0. The molecule has 8 aromatic rings. The average Bonchev–Trinajstić information content (AvgIpc) is 3.55. The number of amidine groups is 1. The summed E-state index contributed by atoms with van der Waals surface area (Å²) in [6, 6.07) is 28.3. The van der Waals surface area contributed by atoms with E-state index in [1.807, 2.05) is 36.4 Å². The Balaban J connectivity index is 1.45. The van der Waals surface area contributed by atoms with Crippen LogP contribution in [0, 0.1) is 0 Å². The third kappa shape index (κ3) is 2.04. The van der Waals surface area contributed by atoms with Crippen LogP contribution in [0.1, 0.15) is 5.56 Å². The number of quaternary nitrogens is 1. The van der Waals surface area contributed by atoms with Crippen molar-refractivity contribution in [1.82, 2.24) is 9.47 Å². The number of nitrogens with one attached hydrogen (secondary N) is 1. The lowest BCUT2D eigenvalue weighted by Crippen LogP contribution is -2.52. The van der Waals surface area contributed by atoms with Gasteiger partial charge in [-0.1, -0.05) is 42.5 Å². The first-order chi connectivity index (χ1) is 20.7. The summed E-state index contributed by atoms with van der Waals surface area (Å²) >= 11 is 0. The third-order valence-corrected chi connectivity index (χ3v) is 9.68. The van der Waals surface area contributed by atoms with Crippen LogP contribution in [0.15, 0.2) is 112 Å². The Hall–Kier alpha value is -5.72. The van der Waals surface area contributed by atoms with Gasteiger partial charge in [-0.05, 0) is 62.6 Å². The molecule has 1 unspecified atom stereocenters. The molecular weight excluding hydrogens is 520 g/mol. The second-order valence-electron chi connectivity index (χ2n) is 11.5. The molecule has 11 rings (SSSR count). The van der Waals surface area contributed by atoms with Crippen LogP contribution in [-0.2, 0) is 0 Å². The van der Waals surface area contributed by atoms with Crippen molar-refractivity contribution < 1.29 is 0 Å². The molecule has 0 radical (unpaired) electrons. The minimum absolute atomic E-state index is 0.0465. The van der Waals surface area contributed by atoms with Crippen molar-refractivity contribution in [2.24, 2.45) is 4.99 Å². The molecular formula is C36H17N4O2+. The molecule has 6 heteroatoms. The van der Waals surface area contributed by atoms with Crippen molar-refractivity contribution in [3.8, 4) is 0 Å². The van der Waals surface area contributed by atoms with Gasteiger partial charge in [0, 0.05) is 46.1 Å². The lowest BCUT2D eigenvalue weighted by molar-refractivity contribution is 0.791. The van der Waals surface area contributed by atoms with E-state index in [0.717, 1.165) is 88.1 Å². The largest absolute Gasteiger partial charge is 0.304 e. The lowest BCUT2D eigenvalue weighted by atomic mass is 9.84. The van der Waals surface area contributed by atoms with Gasteiger partial charge in [0.25, 0.3) is 5.84 Å². The number of rotatable bonds is 0. The molecule has 1 atom stereocenters. The molecule has 1 aromatic heterocycles. The molecule has 7 aromatic carbocycles. The van der Waals surface area contributed by atoms with Gasteiger partial charge >= 0.3 is 0 Å². The van der Waals surface area contributed by atoms with E-state index in [2.05, 4.69) is 46.7 Å². The van der Waals surface area contributed by atoms with Crippen LogP contribution in [0.4, 0.5) is 22.7 Å².